The predicted molar refractivity (Wildman–Crippen MR) is 118 cm³/mol. The van der Waals surface area contributed by atoms with Crippen LogP contribution >= 0.6 is 11.6 Å². The fourth-order valence-electron chi connectivity index (χ4n) is 3.81. The van der Waals surface area contributed by atoms with E-state index in [1.165, 1.54) is 6.33 Å². The highest BCUT2D eigenvalue weighted by atomic mass is 35.5. The fourth-order valence-corrected chi connectivity index (χ4v) is 3.94. The van der Waals surface area contributed by atoms with Crippen LogP contribution in [0.2, 0.25) is 5.02 Å². The number of nitrogens with zero attached hydrogens (tertiary/aromatic N) is 4. The minimum atomic E-state index is 0.247. The standard InChI is InChI=1S/C22H21ClN6O/c23-15-5-9-18(10-6-15)30-17-7-3-14(4-8-17)20-19-21(24)26-13-27-22(19)29(28-20)16-2-1-11-25-12-16/h3-10,13,16,25H,1-2,11-12H2,(H2,24,26,27). The van der Waals surface area contributed by atoms with E-state index in [9.17, 15) is 0 Å². The number of nitrogens with two attached hydrogens (primary N) is 1. The maximum absolute atomic E-state index is 6.23. The van der Waals surface area contributed by atoms with Crippen molar-refractivity contribution in [3.63, 3.8) is 0 Å². The summed E-state index contributed by atoms with van der Waals surface area (Å²) in [6.45, 7) is 1.91. The maximum Gasteiger partial charge on any atom is 0.164 e. The lowest BCUT2D eigenvalue weighted by molar-refractivity contribution is 0.354. The molecule has 1 aliphatic rings. The van der Waals surface area contributed by atoms with Crippen LogP contribution < -0.4 is 15.8 Å². The number of nitrogen functional groups attached to an aromatic ring is 1. The van der Waals surface area contributed by atoms with Crippen LogP contribution in [0.5, 0.6) is 11.5 Å². The highest BCUT2D eigenvalue weighted by Crippen LogP contribution is 2.34. The highest BCUT2D eigenvalue weighted by Gasteiger charge is 2.23. The molecule has 2 aromatic carbocycles. The molecule has 0 radical (unpaired) electrons. The summed E-state index contributed by atoms with van der Waals surface area (Å²) >= 11 is 5.93. The minimum absolute atomic E-state index is 0.247. The smallest absolute Gasteiger partial charge is 0.164 e. The first-order valence-corrected chi connectivity index (χ1v) is 10.3. The van der Waals surface area contributed by atoms with Crippen molar-refractivity contribution in [3.05, 3.63) is 59.9 Å². The summed E-state index contributed by atoms with van der Waals surface area (Å²) in [5.74, 6) is 1.89. The second-order valence-corrected chi connectivity index (χ2v) is 7.77. The number of benzene rings is 2. The van der Waals surface area contributed by atoms with Gasteiger partial charge in [0.25, 0.3) is 0 Å². The average molecular weight is 421 g/mol. The van der Waals surface area contributed by atoms with Crippen LogP contribution in [-0.2, 0) is 0 Å². The minimum Gasteiger partial charge on any atom is -0.457 e. The molecule has 2 aromatic heterocycles. The van der Waals surface area contributed by atoms with E-state index in [0.29, 0.717) is 10.8 Å². The van der Waals surface area contributed by atoms with Crippen LogP contribution in [0.15, 0.2) is 54.9 Å². The Labute approximate surface area is 178 Å². The van der Waals surface area contributed by atoms with Gasteiger partial charge in [0.1, 0.15) is 29.3 Å². The number of ether oxygens (including phenoxy) is 1. The van der Waals surface area contributed by atoms with Gasteiger partial charge in [0.15, 0.2) is 5.65 Å². The Bertz CT molecular complexity index is 1170. The first kappa shape index (κ1) is 18.8. The fraction of sp³-hybridized carbons (Fsp3) is 0.227. The molecule has 3 heterocycles. The highest BCUT2D eigenvalue weighted by molar-refractivity contribution is 6.30. The molecule has 1 unspecified atom stereocenters. The van der Waals surface area contributed by atoms with Crippen molar-refractivity contribution < 1.29 is 4.74 Å². The molecule has 3 N–H and O–H groups in total. The topological polar surface area (TPSA) is 90.9 Å². The van der Waals surface area contributed by atoms with Gasteiger partial charge in [0.2, 0.25) is 0 Å². The number of hydrogen-bond donors (Lipinski definition) is 2. The van der Waals surface area contributed by atoms with Gasteiger partial charge in [-0.2, -0.15) is 5.10 Å². The Hall–Kier alpha value is -3.16. The summed E-state index contributed by atoms with van der Waals surface area (Å²) in [6, 6.07) is 15.3. The zero-order valence-corrected chi connectivity index (χ0v) is 17.0. The number of hydrogen-bond acceptors (Lipinski definition) is 6. The molecule has 1 fully saturated rings. The third-order valence-electron chi connectivity index (χ3n) is 5.31. The summed E-state index contributed by atoms with van der Waals surface area (Å²) in [5.41, 5.74) is 8.72. The molecule has 1 saturated heterocycles. The molecular weight excluding hydrogens is 400 g/mol. The molecule has 0 saturated carbocycles. The van der Waals surface area contributed by atoms with Gasteiger partial charge >= 0.3 is 0 Å². The van der Waals surface area contributed by atoms with Crippen LogP contribution in [0.25, 0.3) is 22.3 Å². The number of anilines is 1. The van der Waals surface area contributed by atoms with Crippen molar-refractivity contribution in [1.29, 1.82) is 0 Å². The largest absolute Gasteiger partial charge is 0.457 e. The van der Waals surface area contributed by atoms with E-state index in [1.54, 1.807) is 12.1 Å². The maximum atomic E-state index is 6.23. The summed E-state index contributed by atoms with van der Waals surface area (Å²) in [6.07, 6.45) is 3.67. The SMILES string of the molecule is Nc1ncnc2c1c(-c1ccc(Oc3ccc(Cl)cc3)cc1)nn2C1CCCNC1. The Morgan fingerprint density at radius 1 is 1.03 bits per heavy atom. The number of piperidine rings is 1. The van der Waals surface area contributed by atoms with E-state index >= 15 is 0 Å². The van der Waals surface area contributed by atoms with Gasteiger partial charge in [-0.3, -0.25) is 0 Å². The quantitative estimate of drug-likeness (QED) is 0.507. The summed E-state index contributed by atoms with van der Waals surface area (Å²) in [7, 11) is 0. The van der Waals surface area contributed by atoms with E-state index in [2.05, 4.69) is 15.3 Å². The second kappa shape index (κ2) is 7.93. The summed E-state index contributed by atoms with van der Waals surface area (Å²) < 4.78 is 7.89. The van der Waals surface area contributed by atoms with Crippen molar-refractivity contribution in [3.8, 4) is 22.8 Å². The van der Waals surface area contributed by atoms with Gasteiger partial charge in [-0.15, -0.1) is 0 Å². The summed E-state index contributed by atoms with van der Waals surface area (Å²) in [4.78, 5) is 8.68. The Kier molecular flexibility index (Phi) is 4.98. The molecule has 4 aromatic rings. The Morgan fingerprint density at radius 2 is 1.77 bits per heavy atom. The van der Waals surface area contributed by atoms with E-state index in [0.717, 1.165) is 59.7 Å². The van der Waals surface area contributed by atoms with Crippen LogP contribution in [0.4, 0.5) is 5.82 Å². The van der Waals surface area contributed by atoms with Gasteiger partial charge in [0, 0.05) is 17.1 Å². The van der Waals surface area contributed by atoms with Crippen LogP contribution in [-0.4, -0.2) is 32.8 Å². The lowest BCUT2D eigenvalue weighted by atomic mass is 10.1. The molecule has 30 heavy (non-hydrogen) atoms. The van der Waals surface area contributed by atoms with Gasteiger partial charge in [-0.05, 0) is 67.9 Å². The van der Waals surface area contributed by atoms with Gasteiger partial charge in [-0.25, -0.2) is 14.6 Å². The molecule has 0 amide bonds. The van der Waals surface area contributed by atoms with Crippen molar-refractivity contribution in [2.45, 2.75) is 18.9 Å². The molecule has 1 atom stereocenters. The van der Waals surface area contributed by atoms with Gasteiger partial charge in [-0.1, -0.05) is 11.6 Å². The monoisotopic (exact) mass is 420 g/mol. The van der Waals surface area contributed by atoms with Crippen molar-refractivity contribution in [2.75, 3.05) is 18.8 Å². The lowest BCUT2D eigenvalue weighted by Gasteiger charge is -2.23. The molecule has 7 nitrogen and oxygen atoms in total. The van der Waals surface area contributed by atoms with Gasteiger partial charge in [0.05, 0.1) is 11.4 Å². The normalized spacial score (nSPS) is 16.6. The number of halogens is 1. The molecule has 8 heteroatoms. The Morgan fingerprint density at radius 3 is 2.47 bits per heavy atom. The van der Waals surface area contributed by atoms with Crippen molar-refractivity contribution in [2.24, 2.45) is 0 Å². The van der Waals surface area contributed by atoms with E-state index in [4.69, 9.17) is 27.2 Å². The third kappa shape index (κ3) is 3.58. The molecule has 152 valence electrons. The number of nitrogens with one attached hydrogen (secondary N) is 1. The molecular formula is C22H21ClN6O. The molecule has 0 aliphatic carbocycles. The number of rotatable bonds is 4. The third-order valence-corrected chi connectivity index (χ3v) is 5.56. The van der Waals surface area contributed by atoms with Crippen LogP contribution in [0.3, 0.4) is 0 Å². The zero-order valence-electron chi connectivity index (χ0n) is 16.3. The zero-order chi connectivity index (χ0) is 20.5. The molecule has 0 bridgehead atoms. The second-order valence-electron chi connectivity index (χ2n) is 7.33. The lowest BCUT2D eigenvalue weighted by Crippen LogP contribution is -2.32. The van der Waals surface area contributed by atoms with E-state index < -0.39 is 0 Å². The molecule has 1 aliphatic heterocycles. The van der Waals surface area contributed by atoms with Crippen molar-refractivity contribution >= 4 is 28.5 Å². The average Bonchev–Trinajstić information content (AvgIpc) is 3.18. The van der Waals surface area contributed by atoms with E-state index in [1.807, 2.05) is 41.1 Å². The van der Waals surface area contributed by atoms with Gasteiger partial charge < -0.3 is 15.8 Å². The van der Waals surface area contributed by atoms with Crippen molar-refractivity contribution in [1.82, 2.24) is 25.1 Å². The first-order chi connectivity index (χ1) is 14.7. The molecule has 0 spiro atoms. The van der Waals surface area contributed by atoms with Crippen LogP contribution in [0, 0.1) is 0 Å². The summed E-state index contributed by atoms with van der Waals surface area (Å²) in [5, 5.41) is 9.80. The van der Waals surface area contributed by atoms with Crippen LogP contribution in [0.1, 0.15) is 18.9 Å². The predicted octanol–water partition coefficient (Wildman–Crippen LogP) is 4.45. The molecule has 5 rings (SSSR count). The first-order valence-electron chi connectivity index (χ1n) is 9.92. The number of fused-ring (bicyclic) bond motifs is 1. The van der Waals surface area contributed by atoms with E-state index in [-0.39, 0.29) is 6.04 Å². The Balaban J connectivity index is 1.50. The number of aromatic nitrogens is 4.